The Kier molecular flexibility index (Phi) is 4.97. The first kappa shape index (κ1) is 15.7. The molecule has 1 aliphatic rings. The van der Waals surface area contributed by atoms with E-state index in [-0.39, 0.29) is 23.5 Å². The average Bonchev–Trinajstić information content (AvgIpc) is 2.58. The third-order valence-electron chi connectivity index (χ3n) is 4.18. The molecule has 0 aromatic carbocycles. The number of hydrogen-bond donors (Lipinski definition) is 1. The zero-order valence-corrected chi connectivity index (χ0v) is 13.3. The van der Waals surface area contributed by atoms with Crippen LogP contribution in [0.1, 0.15) is 27.2 Å². The van der Waals surface area contributed by atoms with Crippen molar-refractivity contribution >= 4 is 14.2 Å². The summed E-state index contributed by atoms with van der Waals surface area (Å²) >= 11 is 0. The first-order valence-electron chi connectivity index (χ1n) is 6.70. The fourth-order valence-electron chi connectivity index (χ4n) is 1.82. The minimum absolute atomic E-state index is 0.103. The zero-order valence-electron chi connectivity index (χ0n) is 12.3. The zero-order chi connectivity index (χ0) is 14.0. The Morgan fingerprint density at radius 1 is 1.44 bits per heavy atom. The van der Waals surface area contributed by atoms with Crippen molar-refractivity contribution in [2.75, 3.05) is 26.3 Å². The maximum Gasteiger partial charge on any atom is 0.223 e. The van der Waals surface area contributed by atoms with E-state index in [1.54, 1.807) is 0 Å². The molecule has 4 nitrogen and oxygen atoms in total. The van der Waals surface area contributed by atoms with Crippen molar-refractivity contribution in [1.29, 1.82) is 0 Å². The number of aliphatic hydroxyl groups is 1. The maximum absolute atomic E-state index is 11.7. The number of rotatable bonds is 5. The SMILES string of the molecule is CC(C)(C)[Si](C)(C)OCCN1CC(CO)CC1=O. The number of aliphatic hydroxyl groups excluding tert-OH is 1. The van der Waals surface area contributed by atoms with Gasteiger partial charge in [0, 0.05) is 32.0 Å². The Bertz CT molecular complexity index is 299. The Labute approximate surface area is 111 Å². The van der Waals surface area contributed by atoms with E-state index in [0.717, 1.165) is 0 Å². The standard InChI is InChI=1S/C13H27NO3Si/c1-13(2,3)18(4,5)17-7-6-14-9-11(10-15)8-12(14)16/h11,15H,6-10H2,1-5H3. The Hall–Kier alpha value is -0.393. The highest BCUT2D eigenvalue weighted by Gasteiger charge is 2.37. The van der Waals surface area contributed by atoms with Gasteiger partial charge in [-0.25, -0.2) is 0 Å². The summed E-state index contributed by atoms with van der Waals surface area (Å²) in [6, 6.07) is 0. The van der Waals surface area contributed by atoms with E-state index < -0.39 is 8.32 Å². The van der Waals surface area contributed by atoms with Gasteiger partial charge in [-0.2, -0.15) is 0 Å². The second-order valence-electron chi connectivity index (χ2n) is 6.70. The van der Waals surface area contributed by atoms with Gasteiger partial charge in [-0.05, 0) is 18.1 Å². The average molecular weight is 273 g/mol. The molecule has 1 amide bonds. The minimum Gasteiger partial charge on any atom is -0.415 e. The Balaban J connectivity index is 2.37. The lowest BCUT2D eigenvalue weighted by atomic mass is 10.1. The van der Waals surface area contributed by atoms with Gasteiger partial charge in [-0.3, -0.25) is 4.79 Å². The van der Waals surface area contributed by atoms with E-state index in [1.807, 2.05) is 4.90 Å². The number of likely N-dealkylation sites (tertiary alicyclic amines) is 1. The largest absolute Gasteiger partial charge is 0.415 e. The molecule has 1 heterocycles. The van der Waals surface area contributed by atoms with Crippen LogP contribution in [0.5, 0.6) is 0 Å². The first-order valence-corrected chi connectivity index (χ1v) is 9.61. The molecule has 0 saturated carbocycles. The van der Waals surface area contributed by atoms with Crippen LogP contribution in [0, 0.1) is 5.92 Å². The number of carbonyl (C=O) groups is 1. The van der Waals surface area contributed by atoms with Crippen LogP contribution in [0.25, 0.3) is 0 Å². The molecular weight excluding hydrogens is 246 g/mol. The Morgan fingerprint density at radius 2 is 2.06 bits per heavy atom. The predicted octanol–water partition coefficient (Wildman–Crippen LogP) is 1.85. The highest BCUT2D eigenvalue weighted by Crippen LogP contribution is 2.36. The molecule has 1 N–H and O–H groups in total. The molecule has 1 fully saturated rings. The third-order valence-corrected chi connectivity index (χ3v) is 8.72. The normalized spacial score (nSPS) is 21.8. The van der Waals surface area contributed by atoms with Crippen LogP contribution in [0.3, 0.4) is 0 Å². The summed E-state index contributed by atoms with van der Waals surface area (Å²) in [5.41, 5.74) is 0. The van der Waals surface area contributed by atoms with Gasteiger partial charge >= 0.3 is 0 Å². The summed E-state index contributed by atoms with van der Waals surface area (Å²) in [4.78, 5) is 13.5. The second-order valence-corrected chi connectivity index (χ2v) is 11.5. The lowest BCUT2D eigenvalue weighted by molar-refractivity contribution is -0.128. The van der Waals surface area contributed by atoms with Crippen LogP contribution in [0.15, 0.2) is 0 Å². The van der Waals surface area contributed by atoms with Crippen molar-refractivity contribution < 1.29 is 14.3 Å². The topological polar surface area (TPSA) is 49.8 Å². The van der Waals surface area contributed by atoms with E-state index in [1.165, 1.54) is 0 Å². The van der Waals surface area contributed by atoms with Gasteiger partial charge in [0.25, 0.3) is 0 Å². The van der Waals surface area contributed by atoms with Crippen LogP contribution in [0.2, 0.25) is 18.1 Å². The van der Waals surface area contributed by atoms with E-state index in [9.17, 15) is 4.79 Å². The van der Waals surface area contributed by atoms with Gasteiger partial charge in [0.15, 0.2) is 8.32 Å². The second kappa shape index (κ2) is 5.71. The molecule has 1 saturated heterocycles. The maximum atomic E-state index is 11.7. The quantitative estimate of drug-likeness (QED) is 0.778. The van der Waals surface area contributed by atoms with Crippen molar-refractivity contribution in [1.82, 2.24) is 4.90 Å². The van der Waals surface area contributed by atoms with Gasteiger partial charge in [0.1, 0.15) is 0 Å². The van der Waals surface area contributed by atoms with E-state index >= 15 is 0 Å². The number of nitrogens with zero attached hydrogens (tertiary/aromatic N) is 1. The molecular formula is C13H27NO3Si. The van der Waals surface area contributed by atoms with Gasteiger partial charge < -0.3 is 14.4 Å². The van der Waals surface area contributed by atoms with E-state index in [0.29, 0.717) is 26.1 Å². The summed E-state index contributed by atoms with van der Waals surface area (Å²) in [6.07, 6.45) is 0.483. The molecule has 1 unspecified atom stereocenters. The van der Waals surface area contributed by atoms with Gasteiger partial charge in [0.2, 0.25) is 5.91 Å². The summed E-state index contributed by atoms with van der Waals surface area (Å²) in [7, 11) is -1.71. The molecule has 0 aliphatic carbocycles. The summed E-state index contributed by atoms with van der Waals surface area (Å²) in [5, 5.41) is 9.26. The highest BCUT2D eigenvalue weighted by atomic mass is 28.4. The highest BCUT2D eigenvalue weighted by molar-refractivity contribution is 6.74. The van der Waals surface area contributed by atoms with Crippen molar-refractivity contribution in [2.45, 2.75) is 45.3 Å². The molecule has 1 rings (SSSR count). The smallest absolute Gasteiger partial charge is 0.223 e. The van der Waals surface area contributed by atoms with Crippen LogP contribution >= 0.6 is 0 Å². The fourth-order valence-corrected chi connectivity index (χ4v) is 2.85. The number of hydrogen-bond acceptors (Lipinski definition) is 3. The molecule has 0 bridgehead atoms. The Morgan fingerprint density at radius 3 is 2.50 bits per heavy atom. The minimum atomic E-state index is -1.71. The number of amides is 1. The molecule has 0 aromatic heterocycles. The molecule has 0 spiro atoms. The summed E-state index contributed by atoms with van der Waals surface area (Å²) in [6.45, 7) is 13.1. The molecule has 18 heavy (non-hydrogen) atoms. The molecule has 0 aromatic rings. The number of carbonyl (C=O) groups excluding carboxylic acids is 1. The van der Waals surface area contributed by atoms with E-state index in [4.69, 9.17) is 9.53 Å². The molecule has 5 heteroatoms. The van der Waals surface area contributed by atoms with Crippen LogP contribution < -0.4 is 0 Å². The molecule has 1 aliphatic heterocycles. The van der Waals surface area contributed by atoms with E-state index in [2.05, 4.69) is 33.9 Å². The third kappa shape index (κ3) is 3.80. The molecule has 0 radical (unpaired) electrons. The van der Waals surface area contributed by atoms with Crippen molar-refractivity contribution in [3.63, 3.8) is 0 Å². The van der Waals surface area contributed by atoms with Crippen molar-refractivity contribution in [3.8, 4) is 0 Å². The molecule has 1 atom stereocenters. The van der Waals surface area contributed by atoms with Crippen molar-refractivity contribution in [3.05, 3.63) is 0 Å². The summed E-state index contributed by atoms with van der Waals surface area (Å²) in [5.74, 6) is 0.262. The molecule has 106 valence electrons. The fraction of sp³-hybridized carbons (Fsp3) is 0.923. The van der Waals surface area contributed by atoms with Gasteiger partial charge in [-0.15, -0.1) is 0 Å². The monoisotopic (exact) mass is 273 g/mol. The predicted molar refractivity (Wildman–Crippen MR) is 74.9 cm³/mol. The lowest BCUT2D eigenvalue weighted by Gasteiger charge is -2.36. The van der Waals surface area contributed by atoms with Gasteiger partial charge in [-0.1, -0.05) is 20.8 Å². The lowest BCUT2D eigenvalue weighted by Crippen LogP contribution is -2.43. The van der Waals surface area contributed by atoms with Crippen LogP contribution in [0.4, 0.5) is 0 Å². The summed E-state index contributed by atoms with van der Waals surface area (Å²) < 4.78 is 6.06. The first-order chi connectivity index (χ1) is 8.17. The van der Waals surface area contributed by atoms with Gasteiger partial charge in [0.05, 0.1) is 6.61 Å². The van der Waals surface area contributed by atoms with Crippen LogP contribution in [-0.4, -0.2) is 50.5 Å². The van der Waals surface area contributed by atoms with Crippen molar-refractivity contribution in [2.24, 2.45) is 5.92 Å². The van der Waals surface area contributed by atoms with Crippen LogP contribution in [-0.2, 0) is 9.22 Å².